The first-order chi connectivity index (χ1) is 11.1. The fraction of sp³-hybridized carbons (Fsp3) is 0.316. The average Bonchev–Trinajstić information content (AvgIpc) is 2.56. The largest absolute Gasteiger partial charge is 0.399 e. The van der Waals surface area contributed by atoms with Gasteiger partial charge < -0.3 is 15.5 Å². The van der Waals surface area contributed by atoms with Gasteiger partial charge >= 0.3 is 0 Å². The molecule has 0 bridgehead atoms. The summed E-state index contributed by atoms with van der Waals surface area (Å²) in [4.78, 5) is 16.7. The molecule has 4 nitrogen and oxygen atoms in total. The standard InChI is InChI=1S/C19H23N3O/c1-15-13-17(20)7-8-18(15)21-9-11-22(12-10-21)19(23)14-16-5-3-2-4-6-16/h2-8,13H,9-12,14,20H2,1H3. The Morgan fingerprint density at radius 3 is 2.39 bits per heavy atom. The van der Waals surface area contributed by atoms with Crippen molar-refractivity contribution in [2.45, 2.75) is 13.3 Å². The monoisotopic (exact) mass is 309 g/mol. The van der Waals surface area contributed by atoms with E-state index in [-0.39, 0.29) is 5.91 Å². The molecule has 1 aliphatic rings. The summed E-state index contributed by atoms with van der Waals surface area (Å²) >= 11 is 0. The third-order valence-electron chi connectivity index (χ3n) is 4.39. The van der Waals surface area contributed by atoms with Gasteiger partial charge in [0.2, 0.25) is 5.91 Å². The Bertz CT molecular complexity index is 676. The molecule has 0 unspecified atom stereocenters. The zero-order chi connectivity index (χ0) is 16.2. The Labute approximate surface area is 137 Å². The fourth-order valence-corrected chi connectivity index (χ4v) is 3.11. The van der Waals surface area contributed by atoms with Crippen molar-refractivity contribution in [2.24, 2.45) is 0 Å². The second kappa shape index (κ2) is 6.73. The molecule has 0 aliphatic carbocycles. The topological polar surface area (TPSA) is 49.6 Å². The molecule has 23 heavy (non-hydrogen) atoms. The van der Waals surface area contributed by atoms with Gasteiger partial charge in [-0.3, -0.25) is 4.79 Å². The molecule has 4 heteroatoms. The highest BCUT2D eigenvalue weighted by Crippen LogP contribution is 2.23. The average molecular weight is 309 g/mol. The van der Waals surface area contributed by atoms with Crippen LogP contribution in [0.1, 0.15) is 11.1 Å². The van der Waals surface area contributed by atoms with E-state index in [1.807, 2.05) is 47.4 Å². The number of hydrogen-bond donors (Lipinski definition) is 1. The summed E-state index contributed by atoms with van der Waals surface area (Å²) in [5.41, 5.74) is 10.1. The summed E-state index contributed by atoms with van der Waals surface area (Å²) in [6, 6.07) is 16.0. The van der Waals surface area contributed by atoms with Crippen LogP contribution in [0.2, 0.25) is 0 Å². The number of amides is 1. The van der Waals surface area contributed by atoms with Crippen molar-refractivity contribution >= 4 is 17.3 Å². The number of aryl methyl sites for hydroxylation is 1. The second-order valence-electron chi connectivity index (χ2n) is 6.08. The van der Waals surface area contributed by atoms with Crippen LogP contribution in [-0.4, -0.2) is 37.0 Å². The maximum absolute atomic E-state index is 12.4. The van der Waals surface area contributed by atoms with Crippen molar-refractivity contribution in [3.63, 3.8) is 0 Å². The molecule has 1 heterocycles. The first-order valence-corrected chi connectivity index (χ1v) is 8.06. The lowest BCUT2D eigenvalue weighted by atomic mass is 10.1. The van der Waals surface area contributed by atoms with Crippen molar-refractivity contribution in [3.05, 3.63) is 59.7 Å². The SMILES string of the molecule is Cc1cc(N)ccc1N1CCN(C(=O)Cc2ccccc2)CC1. The summed E-state index contributed by atoms with van der Waals surface area (Å²) in [5, 5.41) is 0. The molecule has 1 aliphatic heterocycles. The van der Waals surface area contributed by atoms with Gasteiger partial charge in [0, 0.05) is 37.6 Å². The smallest absolute Gasteiger partial charge is 0.227 e. The van der Waals surface area contributed by atoms with Gasteiger partial charge in [-0.2, -0.15) is 0 Å². The number of benzene rings is 2. The lowest BCUT2D eigenvalue weighted by Gasteiger charge is -2.37. The third-order valence-corrected chi connectivity index (χ3v) is 4.39. The maximum Gasteiger partial charge on any atom is 0.227 e. The Balaban J connectivity index is 1.59. The highest BCUT2D eigenvalue weighted by Gasteiger charge is 2.22. The Kier molecular flexibility index (Phi) is 4.51. The van der Waals surface area contributed by atoms with Gasteiger partial charge in [0.1, 0.15) is 0 Å². The molecule has 2 aromatic rings. The highest BCUT2D eigenvalue weighted by atomic mass is 16.2. The minimum Gasteiger partial charge on any atom is -0.399 e. The molecule has 1 amide bonds. The van der Waals surface area contributed by atoms with Crippen molar-refractivity contribution in [3.8, 4) is 0 Å². The molecule has 3 rings (SSSR count). The molecule has 0 aromatic heterocycles. The molecule has 0 atom stereocenters. The van der Waals surface area contributed by atoms with E-state index < -0.39 is 0 Å². The Morgan fingerprint density at radius 1 is 1.04 bits per heavy atom. The van der Waals surface area contributed by atoms with E-state index in [0.717, 1.165) is 37.4 Å². The Morgan fingerprint density at radius 2 is 1.74 bits per heavy atom. The Hall–Kier alpha value is -2.49. The minimum absolute atomic E-state index is 0.213. The van der Waals surface area contributed by atoms with Gasteiger partial charge in [-0.05, 0) is 36.2 Å². The number of nitrogen functional groups attached to an aromatic ring is 1. The van der Waals surface area contributed by atoms with Crippen molar-refractivity contribution in [1.82, 2.24) is 4.90 Å². The number of nitrogens with zero attached hydrogens (tertiary/aromatic N) is 2. The summed E-state index contributed by atoms with van der Waals surface area (Å²) < 4.78 is 0. The first-order valence-electron chi connectivity index (χ1n) is 8.06. The number of anilines is 2. The van der Waals surface area contributed by atoms with Crippen LogP contribution >= 0.6 is 0 Å². The van der Waals surface area contributed by atoms with Crippen molar-refractivity contribution in [1.29, 1.82) is 0 Å². The molecule has 0 radical (unpaired) electrons. The van der Waals surface area contributed by atoms with Crippen LogP contribution in [0.15, 0.2) is 48.5 Å². The summed E-state index contributed by atoms with van der Waals surface area (Å²) in [7, 11) is 0. The van der Waals surface area contributed by atoms with Crippen LogP contribution in [0.3, 0.4) is 0 Å². The molecule has 2 N–H and O–H groups in total. The quantitative estimate of drug-likeness (QED) is 0.886. The zero-order valence-corrected chi connectivity index (χ0v) is 13.5. The van der Waals surface area contributed by atoms with E-state index in [9.17, 15) is 4.79 Å². The number of piperazine rings is 1. The lowest BCUT2D eigenvalue weighted by molar-refractivity contribution is -0.130. The molecular weight excluding hydrogens is 286 g/mol. The van der Waals surface area contributed by atoms with Gasteiger partial charge in [-0.15, -0.1) is 0 Å². The van der Waals surface area contributed by atoms with E-state index in [1.54, 1.807) is 0 Å². The van der Waals surface area contributed by atoms with E-state index >= 15 is 0 Å². The molecular formula is C19H23N3O. The summed E-state index contributed by atoms with van der Waals surface area (Å²) in [5.74, 6) is 0.213. The van der Waals surface area contributed by atoms with Crippen LogP contribution in [0.5, 0.6) is 0 Å². The van der Waals surface area contributed by atoms with Crippen LogP contribution in [-0.2, 0) is 11.2 Å². The molecule has 120 valence electrons. The summed E-state index contributed by atoms with van der Waals surface area (Å²) in [6.07, 6.45) is 0.488. The van der Waals surface area contributed by atoms with Crippen LogP contribution < -0.4 is 10.6 Å². The van der Waals surface area contributed by atoms with Crippen molar-refractivity contribution in [2.75, 3.05) is 36.8 Å². The molecule has 1 saturated heterocycles. The third kappa shape index (κ3) is 3.65. The van der Waals surface area contributed by atoms with E-state index in [2.05, 4.69) is 17.9 Å². The normalized spacial score (nSPS) is 14.8. The minimum atomic E-state index is 0.213. The lowest BCUT2D eigenvalue weighted by Crippen LogP contribution is -2.49. The number of hydrogen-bond acceptors (Lipinski definition) is 3. The van der Waals surface area contributed by atoms with Gasteiger partial charge in [-0.25, -0.2) is 0 Å². The number of carbonyl (C=O) groups excluding carboxylic acids is 1. The van der Waals surface area contributed by atoms with Crippen LogP contribution in [0.4, 0.5) is 11.4 Å². The van der Waals surface area contributed by atoms with Gasteiger partial charge in [0.05, 0.1) is 6.42 Å². The van der Waals surface area contributed by atoms with Gasteiger partial charge in [-0.1, -0.05) is 30.3 Å². The molecule has 0 saturated carbocycles. The van der Waals surface area contributed by atoms with Crippen LogP contribution in [0, 0.1) is 6.92 Å². The highest BCUT2D eigenvalue weighted by molar-refractivity contribution is 5.79. The predicted molar refractivity (Wildman–Crippen MR) is 94.5 cm³/mol. The first kappa shape index (κ1) is 15.4. The maximum atomic E-state index is 12.4. The number of carbonyl (C=O) groups is 1. The summed E-state index contributed by atoms with van der Waals surface area (Å²) in [6.45, 7) is 5.36. The molecule has 0 spiro atoms. The predicted octanol–water partition coefficient (Wildman–Crippen LogP) is 2.47. The van der Waals surface area contributed by atoms with E-state index in [1.165, 1.54) is 11.3 Å². The zero-order valence-electron chi connectivity index (χ0n) is 13.5. The van der Waals surface area contributed by atoms with Gasteiger partial charge in [0.15, 0.2) is 0 Å². The fourth-order valence-electron chi connectivity index (χ4n) is 3.11. The van der Waals surface area contributed by atoms with E-state index in [4.69, 9.17) is 5.73 Å². The molecule has 1 fully saturated rings. The number of rotatable bonds is 3. The molecule has 2 aromatic carbocycles. The van der Waals surface area contributed by atoms with Gasteiger partial charge in [0.25, 0.3) is 0 Å². The number of nitrogens with two attached hydrogens (primary N) is 1. The second-order valence-corrected chi connectivity index (χ2v) is 6.08. The van der Waals surface area contributed by atoms with Crippen LogP contribution in [0.25, 0.3) is 0 Å². The van der Waals surface area contributed by atoms with Crippen molar-refractivity contribution < 1.29 is 4.79 Å². The van der Waals surface area contributed by atoms with E-state index in [0.29, 0.717) is 6.42 Å².